The lowest BCUT2D eigenvalue weighted by Gasteiger charge is -2.04. The van der Waals surface area contributed by atoms with Gasteiger partial charge in [-0.3, -0.25) is 0 Å². The number of benzene rings is 1. The highest BCUT2D eigenvalue weighted by molar-refractivity contribution is 6.40. The zero-order valence-corrected chi connectivity index (χ0v) is 9.36. The van der Waals surface area contributed by atoms with Crippen molar-refractivity contribution in [1.29, 1.82) is 0 Å². The molecule has 0 saturated heterocycles. The Hall–Kier alpha value is -1.55. The third-order valence-electron chi connectivity index (χ3n) is 2.68. The summed E-state index contributed by atoms with van der Waals surface area (Å²) in [5, 5.41) is 2.46. The van der Waals surface area contributed by atoms with Gasteiger partial charge >= 0.3 is 0 Å². The van der Waals surface area contributed by atoms with E-state index in [-0.39, 0.29) is 0 Å². The number of nitrogens with zero attached hydrogens (tertiary/aromatic N) is 3. The molecule has 0 unspecified atom stereocenters. The highest BCUT2D eigenvalue weighted by Gasteiger charge is 2.08. The molecular weight excluding hydrogens is 220 g/mol. The first-order valence-corrected chi connectivity index (χ1v) is 5.19. The van der Waals surface area contributed by atoms with Gasteiger partial charge < -0.3 is 4.57 Å². The van der Waals surface area contributed by atoms with Crippen molar-refractivity contribution in [3.63, 3.8) is 0 Å². The van der Waals surface area contributed by atoms with Crippen molar-refractivity contribution in [2.75, 3.05) is 0 Å². The molecule has 76 valence electrons. The van der Waals surface area contributed by atoms with E-state index >= 15 is 0 Å². The maximum absolute atomic E-state index is 5.94. The van der Waals surface area contributed by atoms with Crippen LogP contribution >= 0.6 is 11.6 Å². The monoisotopic (exact) mass is 227 g/mol. The third-order valence-corrected chi connectivity index (χ3v) is 2.88. The summed E-state index contributed by atoms with van der Waals surface area (Å²) in [6.45, 7) is 0. The molecule has 0 aliphatic heterocycles. The third kappa shape index (κ3) is 1.23. The highest BCUT2D eigenvalue weighted by atomic mass is 35.5. The van der Waals surface area contributed by atoms with Crippen LogP contribution in [-0.2, 0) is 7.05 Å². The van der Waals surface area contributed by atoms with Gasteiger partial charge in [-0.05, 0) is 6.07 Å². The summed E-state index contributed by atoms with van der Waals surface area (Å²) in [5.41, 5.74) is 2.45. The molecule has 0 saturated carbocycles. The van der Waals surface area contributed by atoms with Crippen molar-refractivity contribution < 1.29 is 0 Å². The molecule has 2 aromatic heterocycles. The van der Waals surface area contributed by atoms with Gasteiger partial charge in [0.25, 0.3) is 0 Å². The van der Waals surface area contributed by atoms with Crippen molar-refractivity contribution in [2.24, 2.45) is 7.05 Å². The van der Waals surface area contributed by atoms with Gasteiger partial charge in [0.05, 0.1) is 17.4 Å². The predicted octanol–water partition coefficient (Wildman–Crippen LogP) is 1.57. The number of aryl methyl sites for hydroxylation is 1. The molecule has 0 fully saturated rings. The van der Waals surface area contributed by atoms with Crippen LogP contribution in [0.3, 0.4) is 0 Å². The summed E-state index contributed by atoms with van der Waals surface area (Å²) in [5.74, 6) is 0. The molecule has 3 rings (SSSR count). The summed E-state index contributed by atoms with van der Waals surface area (Å²) < 4.78 is 1.93. The minimum atomic E-state index is 0.472. The lowest BCUT2D eigenvalue weighted by Crippen LogP contribution is -2.04. The largest absolute Gasteiger partial charge is 0.333 e. The summed E-state index contributed by atoms with van der Waals surface area (Å²) in [6.07, 6.45) is 3.47. The lowest BCUT2D eigenvalue weighted by atomic mass is 9.92. The van der Waals surface area contributed by atoms with E-state index in [0.717, 1.165) is 21.8 Å². The number of aromatic nitrogens is 3. The Bertz CT molecular complexity index is 705. The van der Waals surface area contributed by atoms with E-state index in [1.54, 1.807) is 12.5 Å². The van der Waals surface area contributed by atoms with Crippen molar-refractivity contribution in [1.82, 2.24) is 14.5 Å². The first-order chi connectivity index (χ1) is 7.66. The molecule has 2 radical (unpaired) electrons. The quantitative estimate of drug-likeness (QED) is 0.431. The molecular formula is C11H7BClN3. The van der Waals surface area contributed by atoms with Crippen LogP contribution in [-0.4, -0.2) is 22.4 Å². The van der Waals surface area contributed by atoms with Gasteiger partial charge in [-0.25, -0.2) is 9.97 Å². The average molecular weight is 227 g/mol. The van der Waals surface area contributed by atoms with E-state index in [2.05, 4.69) is 9.97 Å². The van der Waals surface area contributed by atoms with Crippen LogP contribution in [0.25, 0.3) is 21.8 Å². The number of pyridine rings is 1. The molecule has 1 aromatic carbocycles. The smallest absolute Gasteiger partial charge is 0.129 e. The molecule has 0 spiro atoms. The number of imidazole rings is 1. The Morgan fingerprint density at radius 2 is 2.12 bits per heavy atom. The van der Waals surface area contributed by atoms with E-state index in [1.165, 1.54) is 0 Å². The molecule has 0 atom stereocenters. The number of rotatable bonds is 0. The van der Waals surface area contributed by atoms with Gasteiger partial charge in [0.1, 0.15) is 13.0 Å². The van der Waals surface area contributed by atoms with Gasteiger partial charge in [0.2, 0.25) is 0 Å². The van der Waals surface area contributed by atoms with Gasteiger partial charge in [-0.15, -0.1) is 0 Å². The van der Waals surface area contributed by atoms with Crippen LogP contribution < -0.4 is 5.46 Å². The van der Waals surface area contributed by atoms with E-state index in [4.69, 9.17) is 19.4 Å². The number of hydrogen-bond donors (Lipinski definition) is 0. The molecule has 0 N–H and O–H groups in total. The molecule has 16 heavy (non-hydrogen) atoms. The van der Waals surface area contributed by atoms with Crippen molar-refractivity contribution in [2.45, 2.75) is 0 Å². The number of hydrogen-bond acceptors (Lipinski definition) is 2. The zero-order chi connectivity index (χ0) is 11.3. The van der Waals surface area contributed by atoms with Crippen molar-refractivity contribution in [3.8, 4) is 0 Å². The summed E-state index contributed by atoms with van der Waals surface area (Å²) in [6, 6.07) is 3.70. The highest BCUT2D eigenvalue weighted by Crippen LogP contribution is 2.24. The fourth-order valence-electron chi connectivity index (χ4n) is 1.96. The first kappa shape index (κ1) is 9.66. The van der Waals surface area contributed by atoms with E-state index in [9.17, 15) is 0 Å². The molecule has 0 aliphatic rings. The molecule has 2 heterocycles. The molecule has 3 nitrogen and oxygen atoms in total. The average Bonchev–Trinajstić information content (AvgIpc) is 2.63. The fourth-order valence-corrected chi connectivity index (χ4v) is 2.11. The van der Waals surface area contributed by atoms with Crippen LogP contribution in [0, 0.1) is 0 Å². The second kappa shape index (κ2) is 3.22. The second-order valence-corrected chi connectivity index (χ2v) is 4.13. The Kier molecular flexibility index (Phi) is 1.95. The normalized spacial score (nSPS) is 11.4. The van der Waals surface area contributed by atoms with E-state index < -0.39 is 0 Å². The van der Waals surface area contributed by atoms with Crippen LogP contribution in [0.4, 0.5) is 0 Å². The zero-order valence-electron chi connectivity index (χ0n) is 8.61. The maximum atomic E-state index is 5.94. The number of halogens is 1. The number of fused-ring (bicyclic) bond motifs is 3. The Balaban J connectivity index is 2.64. The van der Waals surface area contributed by atoms with Gasteiger partial charge in [-0.1, -0.05) is 23.1 Å². The summed E-state index contributed by atoms with van der Waals surface area (Å²) in [4.78, 5) is 8.32. The van der Waals surface area contributed by atoms with Crippen LogP contribution in [0.2, 0.25) is 5.15 Å². The van der Waals surface area contributed by atoms with Crippen LogP contribution in [0.15, 0.2) is 24.7 Å². The SMILES string of the molecule is [B]c1cc2cnc(Cl)cc2c2c1ncn2C. The lowest BCUT2D eigenvalue weighted by molar-refractivity contribution is 0.951. The van der Waals surface area contributed by atoms with Crippen LogP contribution in [0.5, 0.6) is 0 Å². The summed E-state index contributed by atoms with van der Waals surface area (Å²) >= 11 is 5.91. The molecule has 0 amide bonds. The van der Waals surface area contributed by atoms with E-state index in [0.29, 0.717) is 10.6 Å². The van der Waals surface area contributed by atoms with Gasteiger partial charge in [0, 0.05) is 24.0 Å². The maximum Gasteiger partial charge on any atom is 0.129 e. The van der Waals surface area contributed by atoms with Crippen molar-refractivity contribution >= 4 is 46.7 Å². The van der Waals surface area contributed by atoms with E-state index in [1.807, 2.05) is 23.7 Å². The Morgan fingerprint density at radius 1 is 1.31 bits per heavy atom. The minimum Gasteiger partial charge on any atom is -0.333 e. The topological polar surface area (TPSA) is 30.7 Å². The molecule has 0 aliphatic carbocycles. The van der Waals surface area contributed by atoms with Gasteiger partial charge in [0.15, 0.2) is 0 Å². The van der Waals surface area contributed by atoms with Crippen LogP contribution in [0.1, 0.15) is 0 Å². The first-order valence-electron chi connectivity index (χ1n) is 4.81. The summed E-state index contributed by atoms with van der Waals surface area (Å²) in [7, 11) is 7.87. The molecule has 0 bridgehead atoms. The van der Waals surface area contributed by atoms with Gasteiger partial charge in [-0.2, -0.15) is 0 Å². The Labute approximate surface area is 98.5 Å². The molecule has 5 heteroatoms. The second-order valence-electron chi connectivity index (χ2n) is 3.75. The molecule has 3 aromatic rings. The predicted molar refractivity (Wildman–Crippen MR) is 66.4 cm³/mol. The van der Waals surface area contributed by atoms with Crippen molar-refractivity contribution in [3.05, 3.63) is 29.8 Å². The standard InChI is InChI=1S/C11H7BClN3/c1-16-5-15-10-8(12)2-6-4-14-9(13)3-7(6)11(10)16/h2-5H,1H3. The fraction of sp³-hybridized carbons (Fsp3) is 0.0909. The Morgan fingerprint density at radius 3 is 2.94 bits per heavy atom. The minimum absolute atomic E-state index is 0.472.